The van der Waals surface area contributed by atoms with Gasteiger partial charge in [0, 0.05) is 57.5 Å². The van der Waals surface area contributed by atoms with E-state index in [-0.39, 0.29) is 30.3 Å². The first-order valence-corrected chi connectivity index (χ1v) is 13.8. The molecule has 2 aliphatic heterocycles. The van der Waals surface area contributed by atoms with E-state index in [1.54, 1.807) is 24.1 Å². The molecule has 0 aromatic heterocycles. The summed E-state index contributed by atoms with van der Waals surface area (Å²) < 4.78 is 5.47. The first kappa shape index (κ1) is 30.2. The molecule has 2 heterocycles. The molecule has 1 aromatic rings. The smallest absolute Gasteiger partial charge is 0.269 e. The van der Waals surface area contributed by atoms with Gasteiger partial charge < -0.3 is 15.0 Å². The van der Waals surface area contributed by atoms with Gasteiger partial charge in [-0.05, 0) is 56.9 Å². The van der Waals surface area contributed by atoms with Crippen molar-refractivity contribution in [1.82, 2.24) is 15.7 Å². The monoisotopic (exact) mass is 544 g/mol. The minimum atomic E-state index is -0.871. The van der Waals surface area contributed by atoms with Crippen molar-refractivity contribution in [3.8, 4) is 0 Å². The van der Waals surface area contributed by atoms with Gasteiger partial charge in [0.2, 0.25) is 17.7 Å². The molecule has 11 heteroatoms. The first-order valence-electron chi connectivity index (χ1n) is 13.8. The standard InChI is InChI=1S/C28H40N4O7/c1-31-17-9-6-4-2-3-5-7-11-22(20-25(33)30-39-26-12-8-10-18-38-26)27(34)29-24(28(31)35)19-21-13-15-23(16-14-21)32(36)37/h2-3,13-16,22,24,26H,4-12,17-20H2,1H3,(H,29,34)(H,30,33)/t22-,24+,26?/m1/s1. The van der Waals surface area contributed by atoms with Gasteiger partial charge in [-0.15, -0.1) is 0 Å². The highest BCUT2D eigenvalue weighted by molar-refractivity contribution is 5.90. The van der Waals surface area contributed by atoms with Gasteiger partial charge in [0.05, 0.1) is 4.92 Å². The molecule has 1 fully saturated rings. The van der Waals surface area contributed by atoms with E-state index in [0.717, 1.165) is 44.9 Å². The number of hydroxylamine groups is 1. The predicted molar refractivity (Wildman–Crippen MR) is 144 cm³/mol. The number of likely N-dealkylation sites (N-methyl/N-ethyl adjacent to an activating group) is 1. The maximum absolute atomic E-state index is 13.5. The van der Waals surface area contributed by atoms with Gasteiger partial charge in [-0.1, -0.05) is 24.3 Å². The van der Waals surface area contributed by atoms with E-state index in [1.165, 1.54) is 12.1 Å². The van der Waals surface area contributed by atoms with Crippen LogP contribution in [-0.4, -0.2) is 60.1 Å². The molecule has 0 spiro atoms. The van der Waals surface area contributed by atoms with E-state index in [2.05, 4.69) is 22.9 Å². The molecule has 1 aromatic carbocycles. The van der Waals surface area contributed by atoms with Gasteiger partial charge in [-0.2, -0.15) is 0 Å². The molecule has 2 aliphatic rings. The number of nitrogens with one attached hydrogen (secondary N) is 2. The lowest BCUT2D eigenvalue weighted by Gasteiger charge is -2.27. The van der Waals surface area contributed by atoms with E-state index < -0.39 is 29.1 Å². The Morgan fingerprint density at radius 1 is 1.10 bits per heavy atom. The van der Waals surface area contributed by atoms with E-state index in [0.29, 0.717) is 31.6 Å². The maximum atomic E-state index is 13.5. The van der Waals surface area contributed by atoms with Crippen LogP contribution >= 0.6 is 0 Å². The van der Waals surface area contributed by atoms with Crippen LogP contribution in [0.15, 0.2) is 36.4 Å². The van der Waals surface area contributed by atoms with E-state index in [9.17, 15) is 24.5 Å². The average molecular weight is 545 g/mol. The minimum Gasteiger partial charge on any atom is -0.350 e. The fourth-order valence-corrected chi connectivity index (χ4v) is 4.71. The number of nitrogens with zero attached hydrogens (tertiary/aromatic N) is 2. The highest BCUT2D eigenvalue weighted by atomic mass is 16.8. The van der Waals surface area contributed by atoms with Gasteiger partial charge in [0.1, 0.15) is 6.04 Å². The van der Waals surface area contributed by atoms with Crippen LogP contribution in [0.3, 0.4) is 0 Å². The summed E-state index contributed by atoms with van der Waals surface area (Å²) in [5.41, 5.74) is 3.06. The Morgan fingerprint density at radius 3 is 2.54 bits per heavy atom. The molecule has 39 heavy (non-hydrogen) atoms. The zero-order valence-corrected chi connectivity index (χ0v) is 22.6. The number of nitro groups is 1. The second-order valence-corrected chi connectivity index (χ2v) is 10.2. The Bertz CT molecular complexity index is 992. The summed E-state index contributed by atoms with van der Waals surface area (Å²) in [6.45, 7) is 1.13. The molecule has 3 atom stereocenters. The second kappa shape index (κ2) is 15.9. The summed E-state index contributed by atoms with van der Waals surface area (Å²) in [6.07, 6.45) is 11.1. The van der Waals surface area contributed by atoms with Crippen molar-refractivity contribution in [3.05, 3.63) is 52.1 Å². The molecule has 0 saturated carbocycles. The molecule has 2 N–H and O–H groups in total. The quantitative estimate of drug-likeness (QED) is 0.304. The predicted octanol–water partition coefficient (Wildman–Crippen LogP) is 3.57. The molecule has 3 amide bonds. The van der Waals surface area contributed by atoms with Crippen molar-refractivity contribution in [2.24, 2.45) is 5.92 Å². The third kappa shape index (κ3) is 10.4. The maximum Gasteiger partial charge on any atom is 0.269 e. The number of rotatable bonds is 7. The Balaban J connectivity index is 1.72. The molecule has 3 rings (SSSR count). The van der Waals surface area contributed by atoms with Crippen LogP contribution in [0.5, 0.6) is 0 Å². The molecular weight excluding hydrogens is 504 g/mol. The first-order chi connectivity index (χ1) is 18.8. The van der Waals surface area contributed by atoms with Crippen LogP contribution in [0.2, 0.25) is 0 Å². The summed E-state index contributed by atoms with van der Waals surface area (Å²) in [4.78, 5) is 57.1. The zero-order chi connectivity index (χ0) is 28.0. The highest BCUT2D eigenvalue weighted by Gasteiger charge is 2.29. The van der Waals surface area contributed by atoms with Gasteiger partial charge >= 0.3 is 0 Å². The number of amides is 3. The van der Waals surface area contributed by atoms with Crippen LogP contribution in [0.1, 0.15) is 69.8 Å². The minimum absolute atomic E-state index is 0.0474. The number of allylic oxidation sites excluding steroid dienone is 2. The molecule has 11 nitrogen and oxygen atoms in total. The average Bonchev–Trinajstić information content (AvgIpc) is 2.94. The summed E-state index contributed by atoms with van der Waals surface area (Å²) >= 11 is 0. The van der Waals surface area contributed by atoms with Crippen LogP contribution in [-0.2, 0) is 30.4 Å². The van der Waals surface area contributed by atoms with Crippen molar-refractivity contribution in [3.63, 3.8) is 0 Å². The number of ether oxygens (including phenoxy) is 1. The molecule has 214 valence electrons. The number of nitro benzene ring substituents is 1. The lowest BCUT2D eigenvalue weighted by molar-refractivity contribution is -0.384. The van der Waals surface area contributed by atoms with Crippen LogP contribution in [0, 0.1) is 16.0 Å². The van der Waals surface area contributed by atoms with E-state index in [1.807, 2.05) is 0 Å². The van der Waals surface area contributed by atoms with Crippen molar-refractivity contribution < 1.29 is 28.9 Å². The Hall–Kier alpha value is -3.31. The van der Waals surface area contributed by atoms with Crippen LogP contribution in [0.25, 0.3) is 0 Å². The number of benzene rings is 1. The normalized spacial score (nSPS) is 23.8. The zero-order valence-electron chi connectivity index (χ0n) is 22.6. The number of carbonyl (C=O) groups is 3. The summed E-state index contributed by atoms with van der Waals surface area (Å²) in [7, 11) is 1.71. The number of non-ortho nitro benzene ring substituents is 1. The van der Waals surface area contributed by atoms with Gasteiger partial charge in [-0.25, -0.2) is 10.3 Å². The van der Waals surface area contributed by atoms with E-state index in [4.69, 9.17) is 9.57 Å². The van der Waals surface area contributed by atoms with Crippen molar-refractivity contribution >= 4 is 23.4 Å². The van der Waals surface area contributed by atoms with Crippen LogP contribution in [0.4, 0.5) is 5.69 Å². The molecule has 0 radical (unpaired) electrons. The third-order valence-electron chi connectivity index (χ3n) is 7.03. The Kier molecular flexibility index (Phi) is 12.4. The fraction of sp³-hybridized carbons (Fsp3) is 0.607. The molecule has 0 bridgehead atoms. The number of hydrogen-bond acceptors (Lipinski definition) is 7. The lowest BCUT2D eigenvalue weighted by Crippen LogP contribution is -2.50. The number of hydrogen-bond donors (Lipinski definition) is 2. The molecule has 1 saturated heterocycles. The van der Waals surface area contributed by atoms with Crippen LogP contribution < -0.4 is 10.8 Å². The van der Waals surface area contributed by atoms with E-state index >= 15 is 0 Å². The largest absolute Gasteiger partial charge is 0.350 e. The molecule has 1 unspecified atom stereocenters. The van der Waals surface area contributed by atoms with Crippen molar-refractivity contribution in [2.75, 3.05) is 20.2 Å². The lowest BCUT2D eigenvalue weighted by atomic mass is 9.95. The topological polar surface area (TPSA) is 140 Å². The SMILES string of the molecule is CN1CCCCC=CCCC[C@H](CC(=O)NOC2CCCCO2)C(=O)N[C@@H](Cc2ccc([N+](=O)[O-])cc2)C1=O. The molecule has 0 aliphatic carbocycles. The second-order valence-electron chi connectivity index (χ2n) is 10.2. The van der Waals surface area contributed by atoms with Crippen molar-refractivity contribution in [1.29, 1.82) is 0 Å². The summed E-state index contributed by atoms with van der Waals surface area (Å²) in [6, 6.07) is 5.08. The molecular formula is C28H40N4O7. The fourth-order valence-electron chi connectivity index (χ4n) is 4.71. The third-order valence-corrected chi connectivity index (χ3v) is 7.03. The van der Waals surface area contributed by atoms with Gasteiger partial charge in [0.15, 0.2) is 6.29 Å². The summed E-state index contributed by atoms with van der Waals surface area (Å²) in [5, 5.41) is 13.9. The Labute approximate surface area is 229 Å². The summed E-state index contributed by atoms with van der Waals surface area (Å²) in [5.74, 6) is -1.70. The van der Waals surface area contributed by atoms with Crippen molar-refractivity contribution in [2.45, 2.75) is 83.0 Å². The number of carbonyl (C=O) groups excluding carboxylic acids is 3. The highest BCUT2D eigenvalue weighted by Crippen LogP contribution is 2.18. The van der Waals surface area contributed by atoms with Gasteiger partial charge in [0.25, 0.3) is 5.69 Å². The van der Waals surface area contributed by atoms with Gasteiger partial charge in [-0.3, -0.25) is 24.5 Å². The Morgan fingerprint density at radius 2 is 1.85 bits per heavy atom.